The fourth-order valence-electron chi connectivity index (χ4n) is 5.05. The van der Waals surface area contributed by atoms with Gasteiger partial charge < -0.3 is 22.1 Å². The summed E-state index contributed by atoms with van der Waals surface area (Å²) >= 11 is 0. The number of hydrogen-bond acceptors (Lipinski definition) is 5. The standard InChI is InChI=1S/C12H24O2Si.C9H22O3Si/c1-13-15(14-2,11-7-3-4-8-11)12-9-5-6-10-12;1-5-9-13(10-6-2,11-7-3)12-8-4/h11-12H,3-10H2,1-2H3;5-9H2,1-4H3. The number of rotatable bonds is 12. The van der Waals surface area contributed by atoms with Crippen LogP contribution in [0.1, 0.15) is 85.5 Å². The summed E-state index contributed by atoms with van der Waals surface area (Å²) in [6.45, 7) is 10.1. The summed E-state index contributed by atoms with van der Waals surface area (Å²) in [5.41, 5.74) is 1.55. The van der Waals surface area contributed by atoms with Crippen LogP contribution in [0.2, 0.25) is 17.1 Å². The average molecular weight is 435 g/mol. The zero-order valence-electron chi connectivity index (χ0n) is 19.4. The summed E-state index contributed by atoms with van der Waals surface area (Å²) in [7, 11) is -0.382. The van der Waals surface area contributed by atoms with Crippen LogP contribution in [0.4, 0.5) is 0 Å². The van der Waals surface area contributed by atoms with Crippen molar-refractivity contribution in [3.05, 3.63) is 0 Å². The third kappa shape index (κ3) is 7.18. The molecule has 168 valence electrons. The van der Waals surface area contributed by atoms with E-state index in [4.69, 9.17) is 22.1 Å². The molecule has 0 spiro atoms. The fourth-order valence-corrected chi connectivity index (χ4v) is 12.3. The van der Waals surface area contributed by atoms with Crippen molar-refractivity contribution < 1.29 is 22.1 Å². The van der Waals surface area contributed by atoms with Crippen molar-refractivity contribution in [2.24, 2.45) is 0 Å². The maximum Gasteiger partial charge on any atom is 0.500 e. The molecule has 0 saturated heterocycles. The normalized spacial score (nSPS) is 19.1. The van der Waals surface area contributed by atoms with Crippen LogP contribution in [0.5, 0.6) is 0 Å². The van der Waals surface area contributed by atoms with Crippen molar-refractivity contribution in [3.8, 4) is 0 Å². The molecule has 28 heavy (non-hydrogen) atoms. The van der Waals surface area contributed by atoms with Crippen LogP contribution in [-0.4, -0.2) is 51.4 Å². The van der Waals surface area contributed by atoms with Gasteiger partial charge in [-0.15, -0.1) is 0 Å². The Morgan fingerprint density at radius 2 is 1.00 bits per heavy atom. The van der Waals surface area contributed by atoms with Crippen molar-refractivity contribution >= 4 is 17.4 Å². The first-order valence-corrected chi connectivity index (χ1v) is 15.5. The Hall–Kier alpha value is 0.234. The van der Waals surface area contributed by atoms with E-state index in [0.29, 0.717) is 19.8 Å². The second-order valence-electron chi connectivity index (χ2n) is 7.82. The predicted molar refractivity (Wildman–Crippen MR) is 120 cm³/mol. The third-order valence-electron chi connectivity index (χ3n) is 6.14. The van der Waals surface area contributed by atoms with Crippen molar-refractivity contribution in [1.82, 2.24) is 0 Å². The topological polar surface area (TPSA) is 46.2 Å². The second-order valence-corrected chi connectivity index (χ2v) is 14.4. The van der Waals surface area contributed by atoms with Gasteiger partial charge in [0.25, 0.3) is 0 Å². The van der Waals surface area contributed by atoms with E-state index in [-0.39, 0.29) is 0 Å². The first-order chi connectivity index (χ1) is 13.6. The van der Waals surface area contributed by atoms with Crippen molar-refractivity contribution in [1.29, 1.82) is 0 Å². The van der Waals surface area contributed by atoms with Gasteiger partial charge in [-0.25, -0.2) is 0 Å². The van der Waals surface area contributed by atoms with Crippen molar-refractivity contribution in [2.45, 2.75) is 103 Å². The third-order valence-corrected chi connectivity index (χ3v) is 14.1. The van der Waals surface area contributed by atoms with E-state index in [9.17, 15) is 0 Å². The molecule has 0 aromatic carbocycles. The van der Waals surface area contributed by atoms with E-state index in [1.165, 1.54) is 51.4 Å². The van der Waals surface area contributed by atoms with E-state index in [1.54, 1.807) is 0 Å². The second kappa shape index (κ2) is 14.3. The molecule has 0 unspecified atom stereocenters. The highest BCUT2D eigenvalue weighted by Crippen LogP contribution is 2.50. The van der Waals surface area contributed by atoms with Gasteiger partial charge in [0.2, 0.25) is 0 Å². The molecule has 2 rings (SSSR count). The molecular weight excluding hydrogens is 388 g/mol. The zero-order chi connectivity index (χ0) is 20.9. The lowest BCUT2D eigenvalue weighted by Crippen LogP contribution is -2.48. The molecule has 0 bridgehead atoms. The molecule has 2 fully saturated rings. The maximum absolute atomic E-state index is 5.97. The van der Waals surface area contributed by atoms with Gasteiger partial charge >= 0.3 is 17.4 Å². The summed E-state index contributed by atoms with van der Waals surface area (Å²) in [4.78, 5) is 0. The first-order valence-electron chi connectivity index (χ1n) is 11.6. The van der Waals surface area contributed by atoms with Gasteiger partial charge in [-0.05, 0) is 46.5 Å². The lowest BCUT2D eigenvalue weighted by atomic mass is 10.3. The molecular formula is C21H46O5Si2. The van der Waals surface area contributed by atoms with E-state index < -0.39 is 17.4 Å². The summed E-state index contributed by atoms with van der Waals surface area (Å²) in [6.07, 6.45) is 12.0. The molecule has 2 aliphatic carbocycles. The SMILES string of the molecule is CCC[Si](OCC)(OCC)OCC.CO[Si](OC)(C1CCCC1)C1CCCC1. The van der Waals surface area contributed by atoms with Gasteiger partial charge in [0, 0.05) is 51.2 Å². The lowest BCUT2D eigenvalue weighted by Gasteiger charge is -2.37. The Morgan fingerprint density at radius 3 is 1.25 bits per heavy atom. The molecule has 0 aliphatic heterocycles. The molecule has 0 N–H and O–H groups in total. The maximum atomic E-state index is 5.97. The van der Waals surface area contributed by atoms with Crippen molar-refractivity contribution in [3.63, 3.8) is 0 Å². The molecule has 7 heteroatoms. The first kappa shape index (κ1) is 26.3. The quantitative estimate of drug-likeness (QED) is 0.350. The summed E-state index contributed by atoms with van der Waals surface area (Å²) in [5, 5.41) is 0. The predicted octanol–water partition coefficient (Wildman–Crippen LogP) is 6.05. The fraction of sp³-hybridized carbons (Fsp3) is 1.00. The molecule has 0 aromatic heterocycles. The van der Waals surface area contributed by atoms with Crippen LogP contribution in [0.3, 0.4) is 0 Å². The summed E-state index contributed by atoms with van der Waals surface area (Å²) < 4.78 is 28.9. The van der Waals surface area contributed by atoms with Crippen LogP contribution in [-0.2, 0) is 22.1 Å². The lowest BCUT2D eigenvalue weighted by molar-refractivity contribution is 0.0712. The minimum atomic E-state index is -2.30. The van der Waals surface area contributed by atoms with Gasteiger partial charge in [0.1, 0.15) is 0 Å². The van der Waals surface area contributed by atoms with Crippen LogP contribution in [0.25, 0.3) is 0 Å². The molecule has 0 amide bonds. The highest BCUT2D eigenvalue weighted by molar-refractivity contribution is 6.70. The van der Waals surface area contributed by atoms with Crippen LogP contribution in [0.15, 0.2) is 0 Å². The molecule has 5 nitrogen and oxygen atoms in total. The average Bonchev–Trinajstić information content (AvgIpc) is 3.40. The van der Waals surface area contributed by atoms with Crippen molar-refractivity contribution in [2.75, 3.05) is 34.0 Å². The van der Waals surface area contributed by atoms with Crippen LogP contribution >= 0.6 is 0 Å². The van der Waals surface area contributed by atoms with E-state index in [0.717, 1.165) is 23.5 Å². The van der Waals surface area contributed by atoms with Gasteiger partial charge in [-0.1, -0.05) is 39.0 Å². The smallest absolute Gasteiger partial charge is 0.397 e. The minimum absolute atomic E-state index is 0.673. The summed E-state index contributed by atoms with van der Waals surface area (Å²) in [6, 6.07) is 0.919. The summed E-state index contributed by atoms with van der Waals surface area (Å²) in [5.74, 6) is 0. The molecule has 0 atom stereocenters. The molecule has 0 heterocycles. The highest BCUT2D eigenvalue weighted by Gasteiger charge is 2.52. The minimum Gasteiger partial charge on any atom is -0.397 e. The highest BCUT2D eigenvalue weighted by atomic mass is 28.4. The molecule has 0 aromatic rings. The van der Waals surface area contributed by atoms with Gasteiger partial charge in [-0.2, -0.15) is 0 Å². The van der Waals surface area contributed by atoms with Gasteiger partial charge in [-0.3, -0.25) is 0 Å². The molecule has 2 aliphatic rings. The monoisotopic (exact) mass is 434 g/mol. The Bertz CT molecular complexity index is 333. The zero-order valence-corrected chi connectivity index (χ0v) is 21.4. The molecule has 0 radical (unpaired) electrons. The Labute approximate surface area is 176 Å². The van der Waals surface area contributed by atoms with E-state index in [2.05, 4.69) is 6.92 Å². The Balaban J connectivity index is 0.000000284. The van der Waals surface area contributed by atoms with Crippen LogP contribution in [0, 0.1) is 0 Å². The van der Waals surface area contributed by atoms with Crippen LogP contribution < -0.4 is 0 Å². The van der Waals surface area contributed by atoms with E-state index >= 15 is 0 Å². The number of hydrogen-bond donors (Lipinski definition) is 0. The molecule has 2 saturated carbocycles. The van der Waals surface area contributed by atoms with E-state index in [1.807, 2.05) is 35.0 Å². The van der Waals surface area contributed by atoms with Gasteiger partial charge in [0.15, 0.2) is 0 Å². The largest absolute Gasteiger partial charge is 0.500 e. The van der Waals surface area contributed by atoms with Gasteiger partial charge in [0.05, 0.1) is 0 Å². The Kier molecular flexibility index (Phi) is 13.4. The Morgan fingerprint density at radius 1 is 0.643 bits per heavy atom.